The third kappa shape index (κ3) is 2.47. The standard InChI is InChI=1S/C19H17BrN2O2/c20-16-6-3-7-21-17(16)10-18-14-4-1-2-5-15(14)19(24)22(18)13-8-12(9-13)11-23/h1-7,11-13,18H,8-10H2/t12?,13?,18-/m1/s1. The van der Waals surface area contributed by atoms with Crippen molar-refractivity contribution in [2.45, 2.75) is 31.3 Å². The lowest BCUT2D eigenvalue weighted by atomic mass is 9.79. The van der Waals surface area contributed by atoms with Crippen LogP contribution in [0.4, 0.5) is 0 Å². The SMILES string of the molecule is O=CC1CC(N2C(=O)c3ccccc3[C@H]2Cc2ncccc2Br)C1. The first-order valence-corrected chi connectivity index (χ1v) is 8.94. The maximum absolute atomic E-state index is 12.9. The molecule has 1 saturated carbocycles. The second-order valence-corrected chi connectivity index (χ2v) is 7.33. The predicted molar refractivity (Wildman–Crippen MR) is 93.6 cm³/mol. The number of rotatable bonds is 4. The molecule has 0 unspecified atom stereocenters. The monoisotopic (exact) mass is 384 g/mol. The molecule has 4 rings (SSSR count). The zero-order chi connectivity index (χ0) is 16.7. The Morgan fingerprint density at radius 1 is 1.21 bits per heavy atom. The molecule has 1 aliphatic carbocycles. The molecule has 2 aliphatic rings. The minimum atomic E-state index is -0.0162. The summed E-state index contributed by atoms with van der Waals surface area (Å²) in [6.45, 7) is 0. The van der Waals surface area contributed by atoms with Crippen LogP contribution < -0.4 is 0 Å². The van der Waals surface area contributed by atoms with E-state index in [0.717, 1.165) is 40.4 Å². The number of pyridine rings is 1. The number of fused-ring (bicyclic) bond motifs is 1. The van der Waals surface area contributed by atoms with Gasteiger partial charge in [0.15, 0.2) is 0 Å². The van der Waals surface area contributed by atoms with Gasteiger partial charge < -0.3 is 9.69 Å². The average molecular weight is 385 g/mol. The fourth-order valence-electron chi connectivity index (χ4n) is 3.76. The van der Waals surface area contributed by atoms with E-state index in [1.807, 2.05) is 41.3 Å². The highest BCUT2D eigenvalue weighted by Gasteiger charge is 2.45. The summed E-state index contributed by atoms with van der Waals surface area (Å²) in [5, 5.41) is 0. The van der Waals surface area contributed by atoms with Crippen molar-refractivity contribution >= 4 is 28.1 Å². The Hall–Kier alpha value is -2.01. The van der Waals surface area contributed by atoms with E-state index in [2.05, 4.69) is 20.9 Å². The zero-order valence-electron chi connectivity index (χ0n) is 13.1. The highest BCUT2D eigenvalue weighted by atomic mass is 79.9. The molecule has 24 heavy (non-hydrogen) atoms. The number of halogens is 1. The van der Waals surface area contributed by atoms with Gasteiger partial charge in [0.05, 0.1) is 11.7 Å². The van der Waals surface area contributed by atoms with Crippen LogP contribution in [-0.4, -0.2) is 28.1 Å². The fraction of sp³-hybridized carbons (Fsp3) is 0.316. The Bertz CT molecular complexity index is 801. The van der Waals surface area contributed by atoms with Gasteiger partial charge in [0.2, 0.25) is 0 Å². The predicted octanol–water partition coefficient (Wildman–Crippen LogP) is 3.56. The summed E-state index contributed by atoms with van der Waals surface area (Å²) in [4.78, 5) is 30.3. The van der Waals surface area contributed by atoms with Crippen LogP contribution in [0.15, 0.2) is 47.1 Å². The van der Waals surface area contributed by atoms with E-state index >= 15 is 0 Å². The van der Waals surface area contributed by atoms with Crippen molar-refractivity contribution < 1.29 is 9.59 Å². The van der Waals surface area contributed by atoms with Crippen LogP contribution in [0.5, 0.6) is 0 Å². The first kappa shape index (κ1) is 15.5. The van der Waals surface area contributed by atoms with Gasteiger partial charge in [0.1, 0.15) is 6.29 Å². The maximum atomic E-state index is 12.9. The molecule has 1 aliphatic heterocycles. The first-order chi connectivity index (χ1) is 11.7. The van der Waals surface area contributed by atoms with E-state index in [1.54, 1.807) is 6.20 Å². The van der Waals surface area contributed by atoms with Gasteiger partial charge in [0, 0.05) is 34.6 Å². The van der Waals surface area contributed by atoms with Crippen molar-refractivity contribution in [3.8, 4) is 0 Å². The molecule has 2 heterocycles. The van der Waals surface area contributed by atoms with Gasteiger partial charge in [-0.25, -0.2) is 0 Å². The van der Waals surface area contributed by atoms with Crippen molar-refractivity contribution in [2.24, 2.45) is 5.92 Å². The largest absolute Gasteiger partial charge is 0.328 e. The Labute approximate surface area is 149 Å². The third-order valence-corrected chi connectivity index (χ3v) is 5.80. The summed E-state index contributed by atoms with van der Waals surface area (Å²) in [6.07, 6.45) is 4.99. The van der Waals surface area contributed by atoms with Crippen molar-refractivity contribution in [3.63, 3.8) is 0 Å². The Balaban J connectivity index is 1.69. The average Bonchev–Trinajstić information content (AvgIpc) is 2.82. The van der Waals surface area contributed by atoms with Crippen molar-refractivity contribution in [2.75, 3.05) is 0 Å². The van der Waals surface area contributed by atoms with E-state index in [-0.39, 0.29) is 23.9 Å². The molecule has 1 amide bonds. The molecule has 1 aromatic carbocycles. The van der Waals surface area contributed by atoms with Gasteiger partial charge in [0.25, 0.3) is 5.91 Å². The zero-order valence-corrected chi connectivity index (χ0v) is 14.6. The van der Waals surface area contributed by atoms with Crippen LogP contribution in [-0.2, 0) is 11.2 Å². The highest BCUT2D eigenvalue weighted by Crippen LogP contribution is 2.43. The summed E-state index contributed by atoms with van der Waals surface area (Å²) in [7, 11) is 0. The van der Waals surface area contributed by atoms with Gasteiger partial charge in [-0.2, -0.15) is 0 Å². The van der Waals surface area contributed by atoms with Gasteiger partial charge in [-0.1, -0.05) is 18.2 Å². The van der Waals surface area contributed by atoms with Crippen LogP contribution in [0.1, 0.15) is 40.5 Å². The summed E-state index contributed by atoms with van der Waals surface area (Å²) < 4.78 is 0.959. The number of aldehydes is 1. The first-order valence-electron chi connectivity index (χ1n) is 8.15. The molecule has 0 bridgehead atoms. The molecule has 122 valence electrons. The number of aromatic nitrogens is 1. The number of benzene rings is 1. The number of nitrogens with zero attached hydrogens (tertiary/aromatic N) is 2. The molecule has 0 saturated heterocycles. The molecule has 1 atom stereocenters. The van der Waals surface area contributed by atoms with Gasteiger partial charge in [-0.05, 0) is 52.5 Å². The minimum Gasteiger partial charge on any atom is -0.328 e. The summed E-state index contributed by atoms with van der Waals surface area (Å²) in [5.74, 6) is 0.172. The van der Waals surface area contributed by atoms with E-state index in [9.17, 15) is 9.59 Å². The van der Waals surface area contributed by atoms with Crippen LogP contribution in [0.25, 0.3) is 0 Å². The number of amides is 1. The van der Waals surface area contributed by atoms with E-state index < -0.39 is 0 Å². The van der Waals surface area contributed by atoms with Crippen molar-refractivity contribution in [1.82, 2.24) is 9.88 Å². The lowest BCUT2D eigenvalue weighted by molar-refractivity contribution is -0.115. The minimum absolute atomic E-state index is 0.0162. The summed E-state index contributed by atoms with van der Waals surface area (Å²) in [5.41, 5.74) is 2.79. The van der Waals surface area contributed by atoms with Gasteiger partial charge in [-0.3, -0.25) is 9.78 Å². The van der Waals surface area contributed by atoms with Gasteiger partial charge >= 0.3 is 0 Å². The lowest BCUT2D eigenvalue weighted by Gasteiger charge is -2.42. The molecular formula is C19H17BrN2O2. The van der Waals surface area contributed by atoms with Crippen molar-refractivity contribution in [1.29, 1.82) is 0 Å². The van der Waals surface area contributed by atoms with E-state index in [0.29, 0.717) is 6.42 Å². The molecule has 1 fully saturated rings. The maximum Gasteiger partial charge on any atom is 0.254 e. The third-order valence-electron chi connectivity index (χ3n) is 5.08. The molecule has 0 radical (unpaired) electrons. The Kier molecular flexibility index (Phi) is 3.96. The van der Waals surface area contributed by atoms with Gasteiger partial charge in [-0.15, -0.1) is 0 Å². The van der Waals surface area contributed by atoms with E-state index in [1.165, 1.54) is 0 Å². The summed E-state index contributed by atoms with van der Waals surface area (Å²) in [6, 6.07) is 11.8. The number of hydrogen-bond donors (Lipinski definition) is 0. The molecule has 0 spiro atoms. The molecular weight excluding hydrogens is 368 g/mol. The topological polar surface area (TPSA) is 50.3 Å². The van der Waals surface area contributed by atoms with Crippen LogP contribution in [0, 0.1) is 5.92 Å². The molecule has 0 N–H and O–H groups in total. The Morgan fingerprint density at radius 2 is 2.00 bits per heavy atom. The van der Waals surface area contributed by atoms with E-state index in [4.69, 9.17) is 0 Å². The van der Waals surface area contributed by atoms with Crippen molar-refractivity contribution in [3.05, 3.63) is 63.9 Å². The second-order valence-electron chi connectivity index (χ2n) is 6.47. The smallest absolute Gasteiger partial charge is 0.254 e. The number of carbonyl (C=O) groups excluding carboxylic acids is 2. The lowest BCUT2D eigenvalue weighted by Crippen LogP contribution is -2.47. The molecule has 5 heteroatoms. The summed E-state index contributed by atoms with van der Waals surface area (Å²) >= 11 is 3.56. The van der Waals surface area contributed by atoms with Crippen LogP contribution in [0.3, 0.4) is 0 Å². The van der Waals surface area contributed by atoms with Crippen LogP contribution in [0.2, 0.25) is 0 Å². The molecule has 2 aromatic rings. The number of hydrogen-bond acceptors (Lipinski definition) is 3. The Morgan fingerprint density at radius 3 is 2.75 bits per heavy atom. The molecule has 1 aromatic heterocycles. The fourth-order valence-corrected chi connectivity index (χ4v) is 4.18. The highest BCUT2D eigenvalue weighted by molar-refractivity contribution is 9.10. The number of carbonyl (C=O) groups is 2. The normalized spacial score (nSPS) is 25.3. The second kappa shape index (κ2) is 6.13. The molecule has 4 nitrogen and oxygen atoms in total. The quantitative estimate of drug-likeness (QED) is 0.757. The van der Waals surface area contributed by atoms with Crippen LogP contribution >= 0.6 is 15.9 Å².